The summed E-state index contributed by atoms with van der Waals surface area (Å²) in [4.78, 5) is 43.7. The number of ether oxygens (including phenoxy) is 1. The highest BCUT2D eigenvalue weighted by Gasteiger charge is 2.26. The highest BCUT2D eigenvalue weighted by Crippen LogP contribution is 2.17. The van der Waals surface area contributed by atoms with Gasteiger partial charge in [-0.3, -0.25) is 9.59 Å². The third-order valence-electron chi connectivity index (χ3n) is 5.24. The van der Waals surface area contributed by atoms with Gasteiger partial charge in [0.1, 0.15) is 25.0 Å². The largest absolute Gasteiger partial charge is 0.481 e. The lowest BCUT2D eigenvalue weighted by Crippen LogP contribution is -2.44. The van der Waals surface area contributed by atoms with E-state index in [9.17, 15) is 19.5 Å². The van der Waals surface area contributed by atoms with Gasteiger partial charge in [0.05, 0.1) is 6.42 Å². The minimum absolute atomic E-state index is 0. The van der Waals surface area contributed by atoms with Gasteiger partial charge in [0.15, 0.2) is 11.6 Å². The maximum absolute atomic E-state index is 12.9. The number of aromatic nitrogens is 6. The Labute approximate surface area is 217 Å². The second kappa shape index (κ2) is 12.9. The van der Waals surface area contributed by atoms with Crippen LogP contribution in [0.2, 0.25) is 0 Å². The standard InChI is InChI=1S/C24H23N7O5.ClH/c32-20(19(13-22(33)34)27-24(35)36-15-16-5-2-1-3-6-16)14-31-21(28-29-30-31)12-17-7-4-8-18(11-17)23-25-9-10-26-23;/h1-11,19H,12-15H2,(H,25,26)(H,27,35)(H,33,34);1H. The van der Waals surface area contributed by atoms with Crippen molar-refractivity contribution >= 4 is 30.3 Å². The number of H-pyrrole nitrogens is 1. The van der Waals surface area contributed by atoms with Crippen LogP contribution in [0.4, 0.5) is 4.79 Å². The summed E-state index contributed by atoms with van der Waals surface area (Å²) in [5.41, 5.74) is 2.52. The average Bonchev–Trinajstić information content (AvgIpc) is 3.56. The predicted octanol–water partition coefficient (Wildman–Crippen LogP) is 2.41. The quantitative estimate of drug-likeness (QED) is 0.266. The van der Waals surface area contributed by atoms with Crippen molar-refractivity contribution < 1.29 is 24.2 Å². The molecule has 1 amide bonds. The van der Waals surface area contributed by atoms with E-state index in [4.69, 9.17) is 4.74 Å². The number of hydrogen-bond acceptors (Lipinski definition) is 8. The number of carbonyl (C=O) groups is 3. The third kappa shape index (κ3) is 7.70. The maximum atomic E-state index is 12.9. The van der Waals surface area contributed by atoms with Gasteiger partial charge in [-0.25, -0.2) is 14.5 Å². The SMILES string of the molecule is Cl.O=C(O)CC(NC(=O)OCc1ccccc1)C(=O)Cn1nnnc1Cc1cccc(-c2ncc[nH]2)c1. The van der Waals surface area contributed by atoms with Crippen LogP contribution < -0.4 is 5.32 Å². The highest BCUT2D eigenvalue weighted by atomic mass is 35.5. The number of tetrazole rings is 1. The van der Waals surface area contributed by atoms with E-state index >= 15 is 0 Å². The van der Waals surface area contributed by atoms with Crippen LogP contribution in [0.15, 0.2) is 67.0 Å². The summed E-state index contributed by atoms with van der Waals surface area (Å²) in [6.45, 7) is -0.341. The number of imidazole rings is 1. The van der Waals surface area contributed by atoms with E-state index in [0.29, 0.717) is 18.1 Å². The fraction of sp³-hybridized carbons (Fsp3) is 0.208. The van der Waals surface area contributed by atoms with Gasteiger partial charge < -0.3 is 20.1 Å². The van der Waals surface area contributed by atoms with E-state index < -0.39 is 30.3 Å². The summed E-state index contributed by atoms with van der Waals surface area (Å²) in [5.74, 6) is -0.704. The Morgan fingerprint density at radius 3 is 2.59 bits per heavy atom. The van der Waals surface area contributed by atoms with Gasteiger partial charge in [0.2, 0.25) is 0 Å². The molecule has 37 heavy (non-hydrogen) atoms. The normalized spacial score (nSPS) is 11.2. The zero-order valence-corrected chi connectivity index (χ0v) is 20.3. The predicted molar refractivity (Wildman–Crippen MR) is 133 cm³/mol. The molecule has 0 fully saturated rings. The Kier molecular flexibility index (Phi) is 9.44. The molecule has 3 N–H and O–H groups in total. The fourth-order valence-corrected chi connectivity index (χ4v) is 3.49. The number of rotatable bonds is 11. The smallest absolute Gasteiger partial charge is 0.408 e. The Morgan fingerprint density at radius 1 is 1.08 bits per heavy atom. The molecule has 1 atom stereocenters. The first-order valence-electron chi connectivity index (χ1n) is 11.0. The minimum Gasteiger partial charge on any atom is -0.481 e. The summed E-state index contributed by atoms with van der Waals surface area (Å²) >= 11 is 0. The van der Waals surface area contributed by atoms with Crippen molar-refractivity contribution in [2.45, 2.75) is 32.0 Å². The molecule has 4 rings (SSSR count). The van der Waals surface area contributed by atoms with E-state index in [2.05, 4.69) is 30.8 Å². The number of carboxylic acids is 1. The molecule has 192 valence electrons. The van der Waals surface area contributed by atoms with Gasteiger partial charge >= 0.3 is 12.1 Å². The Balaban J connectivity index is 0.00000380. The van der Waals surface area contributed by atoms with Crippen LogP contribution in [0, 0.1) is 0 Å². The van der Waals surface area contributed by atoms with Crippen LogP contribution in [0.5, 0.6) is 0 Å². The van der Waals surface area contributed by atoms with Crippen LogP contribution in [-0.2, 0) is 33.9 Å². The third-order valence-corrected chi connectivity index (χ3v) is 5.24. The van der Waals surface area contributed by atoms with Crippen molar-refractivity contribution in [3.63, 3.8) is 0 Å². The number of amides is 1. The lowest BCUT2D eigenvalue weighted by molar-refractivity contribution is -0.139. The Morgan fingerprint density at radius 2 is 1.86 bits per heavy atom. The molecule has 2 aromatic carbocycles. The molecule has 12 nitrogen and oxygen atoms in total. The van der Waals surface area contributed by atoms with E-state index in [1.165, 1.54) is 4.68 Å². The first-order chi connectivity index (χ1) is 17.5. The number of aromatic amines is 1. The van der Waals surface area contributed by atoms with E-state index in [1.54, 1.807) is 36.7 Å². The molecule has 1 unspecified atom stereocenters. The van der Waals surface area contributed by atoms with Crippen molar-refractivity contribution in [2.75, 3.05) is 0 Å². The monoisotopic (exact) mass is 525 g/mol. The second-order valence-corrected chi connectivity index (χ2v) is 7.89. The van der Waals surface area contributed by atoms with Crippen molar-refractivity contribution in [3.8, 4) is 11.4 Å². The number of ketones is 1. The van der Waals surface area contributed by atoms with Gasteiger partial charge in [-0.15, -0.1) is 17.5 Å². The molecule has 0 aliphatic carbocycles. The number of nitrogens with zero attached hydrogens (tertiary/aromatic N) is 5. The van der Waals surface area contributed by atoms with Gasteiger partial charge in [-0.05, 0) is 27.6 Å². The number of hydrogen-bond donors (Lipinski definition) is 3. The first kappa shape index (κ1) is 27.0. The van der Waals surface area contributed by atoms with Crippen LogP contribution in [0.1, 0.15) is 23.4 Å². The number of aliphatic carboxylic acids is 1. The van der Waals surface area contributed by atoms with Crippen LogP contribution in [-0.4, -0.2) is 59.2 Å². The molecule has 0 radical (unpaired) electrons. The molecule has 4 aromatic rings. The zero-order valence-electron chi connectivity index (χ0n) is 19.5. The van der Waals surface area contributed by atoms with Crippen LogP contribution in [0.3, 0.4) is 0 Å². The second-order valence-electron chi connectivity index (χ2n) is 7.89. The molecule has 0 aliphatic rings. The Hall–Kier alpha value is -4.58. The Bertz CT molecular complexity index is 1330. The fourth-order valence-electron chi connectivity index (χ4n) is 3.49. The number of halogens is 1. The molecule has 0 aliphatic heterocycles. The molecule has 0 bridgehead atoms. The molecule has 0 saturated carbocycles. The van der Waals surface area contributed by atoms with Crippen LogP contribution in [0.25, 0.3) is 11.4 Å². The van der Waals surface area contributed by atoms with Gasteiger partial charge in [0.25, 0.3) is 0 Å². The molecule has 2 aromatic heterocycles. The summed E-state index contributed by atoms with van der Waals surface area (Å²) in [6.07, 6.45) is 2.21. The van der Waals surface area contributed by atoms with E-state index in [1.807, 2.05) is 30.3 Å². The van der Waals surface area contributed by atoms with E-state index in [-0.39, 0.29) is 25.6 Å². The lowest BCUT2D eigenvalue weighted by Gasteiger charge is -2.16. The van der Waals surface area contributed by atoms with Gasteiger partial charge in [-0.1, -0.05) is 48.5 Å². The average molecular weight is 526 g/mol. The molecule has 2 heterocycles. The van der Waals surface area contributed by atoms with Gasteiger partial charge in [0, 0.05) is 24.4 Å². The summed E-state index contributed by atoms with van der Waals surface area (Å²) < 4.78 is 6.41. The summed E-state index contributed by atoms with van der Waals surface area (Å²) in [5, 5.41) is 23.1. The molecule has 0 spiro atoms. The van der Waals surface area contributed by atoms with Crippen molar-refractivity contribution in [2.24, 2.45) is 0 Å². The number of carboxylic acid groups (broad SMARTS) is 1. The maximum Gasteiger partial charge on any atom is 0.408 e. The molecule has 13 heteroatoms. The number of nitrogens with one attached hydrogen (secondary N) is 2. The van der Waals surface area contributed by atoms with Crippen LogP contribution >= 0.6 is 12.4 Å². The van der Waals surface area contributed by atoms with Crippen molar-refractivity contribution in [3.05, 3.63) is 83.9 Å². The van der Waals surface area contributed by atoms with Crippen molar-refractivity contribution in [1.29, 1.82) is 0 Å². The molecular formula is C24H24ClN7O5. The molecular weight excluding hydrogens is 502 g/mol. The topological polar surface area (TPSA) is 165 Å². The summed E-state index contributed by atoms with van der Waals surface area (Å²) in [6, 6.07) is 15.3. The minimum atomic E-state index is -1.31. The zero-order chi connectivity index (χ0) is 25.3. The lowest BCUT2D eigenvalue weighted by atomic mass is 10.1. The number of benzene rings is 2. The highest BCUT2D eigenvalue weighted by molar-refractivity contribution is 5.90. The summed E-state index contributed by atoms with van der Waals surface area (Å²) in [7, 11) is 0. The first-order valence-corrected chi connectivity index (χ1v) is 11.0. The van der Waals surface area contributed by atoms with E-state index in [0.717, 1.165) is 16.7 Å². The number of carbonyl (C=O) groups excluding carboxylic acids is 2. The number of Topliss-reactive ketones (excluding diaryl/α,β-unsaturated/α-hetero) is 1. The van der Waals surface area contributed by atoms with Crippen molar-refractivity contribution in [1.82, 2.24) is 35.5 Å². The molecule has 0 saturated heterocycles. The number of alkyl carbamates (subject to hydrolysis) is 1. The van der Waals surface area contributed by atoms with Gasteiger partial charge in [-0.2, -0.15) is 0 Å².